The minimum absolute atomic E-state index is 0.159. The SMILES string of the molecule is CN(CCN1CCCC1)c1nc2c(s1)C(O)CC(C)(C)C2. The van der Waals surface area contributed by atoms with Gasteiger partial charge in [0.1, 0.15) is 0 Å². The molecule has 0 bridgehead atoms. The van der Waals surface area contributed by atoms with Crippen LogP contribution in [0.5, 0.6) is 0 Å². The number of fused-ring (bicyclic) bond motifs is 1. The quantitative estimate of drug-likeness (QED) is 0.928. The fourth-order valence-electron chi connectivity index (χ4n) is 3.44. The molecule has 1 aliphatic heterocycles. The standard InChI is InChI=1S/C16H27N3OS/c1-16(2)10-12-14(13(20)11-16)21-15(17-12)18(3)8-9-19-6-4-5-7-19/h13,20H,4-11H2,1-3H3. The summed E-state index contributed by atoms with van der Waals surface area (Å²) in [6.45, 7) is 9.06. The average molecular weight is 309 g/mol. The van der Waals surface area contributed by atoms with Crippen LogP contribution in [-0.2, 0) is 6.42 Å². The largest absolute Gasteiger partial charge is 0.387 e. The Hall–Kier alpha value is -0.650. The van der Waals surface area contributed by atoms with Gasteiger partial charge >= 0.3 is 0 Å². The van der Waals surface area contributed by atoms with E-state index in [9.17, 15) is 5.11 Å². The van der Waals surface area contributed by atoms with E-state index in [0.717, 1.165) is 41.6 Å². The van der Waals surface area contributed by atoms with E-state index in [4.69, 9.17) is 4.98 Å². The number of likely N-dealkylation sites (tertiary alicyclic amines) is 1. The van der Waals surface area contributed by atoms with Crippen molar-refractivity contribution in [2.45, 2.75) is 45.6 Å². The highest BCUT2D eigenvalue weighted by Crippen LogP contribution is 2.44. The smallest absolute Gasteiger partial charge is 0.185 e. The molecule has 0 aromatic carbocycles. The molecule has 3 rings (SSSR count). The maximum absolute atomic E-state index is 10.3. The van der Waals surface area contributed by atoms with Crippen molar-refractivity contribution in [1.82, 2.24) is 9.88 Å². The lowest BCUT2D eigenvalue weighted by atomic mass is 9.77. The molecular formula is C16H27N3OS. The molecule has 1 aromatic rings. The van der Waals surface area contributed by atoms with E-state index in [-0.39, 0.29) is 11.5 Å². The van der Waals surface area contributed by atoms with Crippen molar-refractivity contribution in [2.24, 2.45) is 5.41 Å². The highest BCUT2D eigenvalue weighted by molar-refractivity contribution is 7.15. The Balaban J connectivity index is 1.66. The number of nitrogens with zero attached hydrogens (tertiary/aromatic N) is 3. The van der Waals surface area contributed by atoms with Gasteiger partial charge < -0.3 is 14.9 Å². The zero-order chi connectivity index (χ0) is 15.0. The first kappa shape index (κ1) is 15.3. The van der Waals surface area contributed by atoms with Gasteiger partial charge in [0.15, 0.2) is 5.13 Å². The summed E-state index contributed by atoms with van der Waals surface area (Å²) in [5.41, 5.74) is 1.28. The van der Waals surface area contributed by atoms with Crippen molar-refractivity contribution in [2.75, 3.05) is 38.1 Å². The van der Waals surface area contributed by atoms with Crippen LogP contribution in [0, 0.1) is 5.41 Å². The van der Waals surface area contributed by atoms with Crippen LogP contribution in [0.2, 0.25) is 0 Å². The van der Waals surface area contributed by atoms with Crippen LogP contribution in [0.15, 0.2) is 0 Å². The third-order valence-electron chi connectivity index (χ3n) is 4.69. The van der Waals surface area contributed by atoms with Crippen molar-refractivity contribution in [3.63, 3.8) is 0 Å². The van der Waals surface area contributed by atoms with Gasteiger partial charge in [0.2, 0.25) is 0 Å². The van der Waals surface area contributed by atoms with Crippen molar-refractivity contribution in [1.29, 1.82) is 0 Å². The molecule has 118 valence electrons. The third-order valence-corrected chi connectivity index (χ3v) is 6.00. The van der Waals surface area contributed by atoms with Crippen LogP contribution in [0.1, 0.15) is 49.8 Å². The number of hydrogen-bond donors (Lipinski definition) is 1. The number of hydrogen-bond acceptors (Lipinski definition) is 5. The van der Waals surface area contributed by atoms with Gasteiger partial charge in [0.05, 0.1) is 16.7 Å². The number of aliphatic hydroxyl groups excluding tert-OH is 1. The van der Waals surface area contributed by atoms with E-state index >= 15 is 0 Å². The first-order valence-corrected chi connectivity index (χ1v) is 8.87. The van der Waals surface area contributed by atoms with Gasteiger partial charge in [-0.2, -0.15) is 0 Å². The van der Waals surface area contributed by atoms with E-state index in [1.165, 1.54) is 25.9 Å². The fraction of sp³-hybridized carbons (Fsp3) is 0.812. The predicted octanol–water partition coefficient (Wildman–Crippen LogP) is 2.68. The van der Waals surface area contributed by atoms with Crippen molar-refractivity contribution < 1.29 is 5.11 Å². The van der Waals surface area contributed by atoms with Gasteiger partial charge in [-0.15, -0.1) is 0 Å². The average Bonchev–Trinajstić information content (AvgIpc) is 3.03. The lowest BCUT2D eigenvalue weighted by Gasteiger charge is -2.31. The number of aliphatic hydroxyl groups is 1. The molecule has 2 aliphatic rings. The van der Waals surface area contributed by atoms with Crippen LogP contribution in [0.4, 0.5) is 5.13 Å². The molecule has 1 atom stereocenters. The Morgan fingerprint density at radius 1 is 1.38 bits per heavy atom. The highest BCUT2D eigenvalue weighted by Gasteiger charge is 2.34. The summed E-state index contributed by atoms with van der Waals surface area (Å²) in [4.78, 5) is 10.7. The van der Waals surface area contributed by atoms with Crippen molar-refractivity contribution in [3.8, 4) is 0 Å². The summed E-state index contributed by atoms with van der Waals surface area (Å²) in [6, 6.07) is 0. The number of anilines is 1. The molecule has 1 N–H and O–H groups in total. The Bertz CT molecular complexity index is 494. The van der Waals surface area contributed by atoms with Gasteiger partial charge in [-0.1, -0.05) is 25.2 Å². The maximum Gasteiger partial charge on any atom is 0.185 e. The second-order valence-electron chi connectivity index (χ2n) is 7.34. The lowest BCUT2D eigenvalue weighted by Crippen LogP contribution is -2.31. The van der Waals surface area contributed by atoms with E-state index in [1.54, 1.807) is 11.3 Å². The predicted molar refractivity (Wildman–Crippen MR) is 88.1 cm³/mol. The molecule has 0 amide bonds. The van der Waals surface area contributed by atoms with Crippen LogP contribution >= 0.6 is 11.3 Å². The number of thiazole rings is 1. The van der Waals surface area contributed by atoms with E-state index in [1.807, 2.05) is 0 Å². The first-order valence-electron chi connectivity index (χ1n) is 8.06. The fourth-order valence-corrected chi connectivity index (χ4v) is 4.49. The molecule has 0 radical (unpaired) electrons. The van der Waals surface area contributed by atoms with Crippen molar-refractivity contribution >= 4 is 16.5 Å². The molecule has 5 heteroatoms. The first-order chi connectivity index (χ1) is 9.94. The van der Waals surface area contributed by atoms with Gasteiger partial charge in [-0.25, -0.2) is 4.98 Å². The molecule has 1 aliphatic carbocycles. The Morgan fingerprint density at radius 2 is 2.10 bits per heavy atom. The Kier molecular flexibility index (Phi) is 4.26. The molecule has 0 saturated carbocycles. The summed E-state index contributed by atoms with van der Waals surface area (Å²) >= 11 is 1.68. The number of likely N-dealkylation sites (N-methyl/N-ethyl adjacent to an activating group) is 1. The molecule has 0 spiro atoms. The third kappa shape index (κ3) is 3.41. The number of aromatic nitrogens is 1. The normalized spacial score (nSPS) is 25.0. The van der Waals surface area contributed by atoms with Gasteiger partial charge in [-0.05, 0) is 44.2 Å². The molecule has 4 nitrogen and oxygen atoms in total. The molecule has 21 heavy (non-hydrogen) atoms. The summed E-state index contributed by atoms with van der Waals surface area (Å²) in [7, 11) is 2.12. The molecule has 2 heterocycles. The van der Waals surface area contributed by atoms with Crippen LogP contribution in [0.3, 0.4) is 0 Å². The minimum atomic E-state index is -0.331. The van der Waals surface area contributed by atoms with E-state index < -0.39 is 0 Å². The topological polar surface area (TPSA) is 39.6 Å². The number of rotatable bonds is 4. The summed E-state index contributed by atoms with van der Waals surface area (Å²) in [5.74, 6) is 0. The van der Waals surface area contributed by atoms with E-state index in [2.05, 4.69) is 30.7 Å². The van der Waals surface area contributed by atoms with Gasteiger partial charge in [0, 0.05) is 20.1 Å². The molecular weight excluding hydrogens is 282 g/mol. The van der Waals surface area contributed by atoms with Gasteiger partial charge in [-0.3, -0.25) is 0 Å². The second-order valence-corrected chi connectivity index (χ2v) is 8.35. The Labute approximate surface area is 131 Å². The molecule has 1 saturated heterocycles. The Morgan fingerprint density at radius 3 is 2.81 bits per heavy atom. The second kappa shape index (κ2) is 5.86. The van der Waals surface area contributed by atoms with Crippen LogP contribution in [0.25, 0.3) is 0 Å². The summed E-state index contributed by atoms with van der Waals surface area (Å²) < 4.78 is 0. The van der Waals surface area contributed by atoms with E-state index in [0.29, 0.717) is 0 Å². The molecule has 1 unspecified atom stereocenters. The van der Waals surface area contributed by atoms with Crippen LogP contribution in [-0.4, -0.2) is 48.2 Å². The maximum atomic E-state index is 10.3. The van der Waals surface area contributed by atoms with Gasteiger partial charge in [0.25, 0.3) is 0 Å². The molecule has 1 aromatic heterocycles. The zero-order valence-electron chi connectivity index (χ0n) is 13.4. The van der Waals surface area contributed by atoms with Crippen molar-refractivity contribution in [3.05, 3.63) is 10.6 Å². The monoisotopic (exact) mass is 309 g/mol. The summed E-state index contributed by atoms with van der Waals surface area (Å²) in [5, 5.41) is 11.4. The minimum Gasteiger partial charge on any atom is -0.387 e. The molecule has 1 fully saturated rings. The highest BCUT2D eigenvalue weighted by atomic mass is 32.1. The lowest BCUT2D eigenvalue weighted by molar-refractivity contribution is 0.102. The summed E-state index contributed by atoms with van der Waals surface area (Å²) in [6.07, 6.45) is 4.18. The zero-order valence-corrected chi connectivity index (χ0v) is 14.2. The van der Waals surface area contributed by atoms with Crippen LogP contribution < -0.4 is 4.90 Å².